The smallest absolute Gasteiger partial charge is 0.408 e. The Morgan fingerprint density at radius 2 is 1.33 bits per heavy atom. The van der Waals surface area contributed by atoms with Crippen molar-refractivity contribution < 1.29 is 28.7 Å². The molecule has 0 bridgehead atoms. The van der Waals surface area contributed by atoms with Gasteiger partial charge in [-0.15, -0.1) is 0 Å². The molecule has 2 aromatic rings. The third-order valence-electron chi connectivity index (χ3n) is 6.54. The summed E-state index contributed by atoms with van der Waals surface area (Å²) in [7, 11) is 0. The van der Waals surface area contributed by atoms with Gasteiger partial charge in [0, 0.05) is 6.42 Å². The van der Waals surface area contributed by atoms with Crippen molar-refractivity contribution in [2.45, 2.75) is 104 Å². The molecule has 0 saturated heterocycles. The molecule has 0 aliphatic carbocycles. The Morgan fingerprint density at radius 1 is 0.767 bits per heavy atom. The molecule has 0 saturated carbocycles. The number of carbonyl (C=O) groups excluding carboxylic acids is 4. The van der Waals surface area contributed by atoms with Gasteiger partial charge in [-0.05, 0) is 63.5 Å². The normalized spacial score (nSPS) is 13.4. The van der Waals surface area contributed by atoms with Gasteiger partial charge >= 0.3 is 12.1 Å². The maximum atomic E-state index is 13.6. The van der Waals surface area contributed by atoms with Crippen LogP contribution >= 0.6 is 0 Å². The van der Waals surface area contributed by atoms with Crippen LogP contribution < -0.4 is 16.0 Å². The Kier molecular flexibility index (Phi) is 14.7. The molecular weight excluding hydrogens is 546 g/mol. The summed E-state index contributed by atoms with van der Waals surface area (Å²) in [6, 6.07) is 16.2. The number of alkyl carbamates (subject to hydrolysis) is 1. The molecule has 3 amide bonds. The number of unbranched alkanes of at least 4 members (excludes halogenated alkanes) is 1. The maximum absolute atomic E-state index is 13.6. The molecule has 43 heavy (non-hydrogen) atoms. The first-order valence-electron chi connectivity index (χ1n) is 15.2. The van der Waals surface area contributed by atoms with Crippen molar-refractivity contribution in [1.29, 1.82) is 0 Å². The molecule has 0 aliphatic heterocycles. The average Bonchev–Trinajstić information content (AvgIpc) is 2.94. The summed E-state index contributed by atoms with van der Waals surface area (Å²) in [5.41, 5.74) is 1.13. The molecule has 236 valence electrons. The minimum absolute atomic E-state index is 0.0571. The van der Waals surface area contributed by atoms with E-state index < -0.39 is 47.6 Å². The molecule has 0 unspecified atom stereocenters. The maximum Gasteiger partial charge on any atom is 0.408 e. The molecule has 0 radical (unpaired) electrons. The first-order chi connectivity index (χ1) is 20.4. The van der Waals surface area contributed by atoms with Crippen LogP contribution in [0.2, 0.25) is 0 Å². The number of aryl methyl sites for hydroxylation is 1. The molecule has 3 atom stereocenters. The fraction of sp³-hybridized carbons (Fsp3) is 0.529. The highest BCUT2D eigenvalue weighted by molar-refractivity contribution is 5.93. The summed E-state index contributed by atoms with van der Waals surface area (Å²) in [5.74, 6) is -1.46. The molecule has 0 aromatic heterocycles. The minimum Gasteiger partial charge on any atom is -0.464 e. The number of hydrogen-bond donors (Lipinski definition) is 3. The fourth-order valence-corrected chi connectivity index (χ4v) is 4.38. The third kappa shape index (κ3) is 14.2. The Labute approximate surface area is 256 Å². The van der Waals surface area contributed by atoms with E-state index in [9.17, 15) is 19.2 Å². The molecule has 9 nitrogen and oxygen atoms in total. The number of rotatable bonds is 16. The van der Waals surface area contributed by atoms with E-state index in [0.717, 1.165) is 24.0 Å². The van der Waals surface area contributed by atoms with Gasteiger partial charge in [0.1, 0.15) is 23.7 Å². The van der Waals surface area contributed by atoms with Crippen molar-refractivity contribution in [3.05, 3.63) is 71.8 Å². The molecular formula is C34H49N3O6. The van der Waals surface area contributed by atoms with Crippen molar-refractivity contribution in [2.75, 3.05) is 6.61 Å². The fourth-order valence-electron chi connectivity index (χ4n) is 4.38. The lowest BCUT2D eigenvalue weighted by Gasteiger charge is -2.27. The van der Waals surface area contributed by atoms with Crippen LogP contribution in [0.3, 0.4) is 0 Å². The lowest BCUT2D eigenvalue weighted by Crippen LogP contribution is -2.56. The zero-order valence-corrected chi connectivity index (χ0v) is 26.5. The van der Waals surface area contributed by atoms with Gasteiger partial charge in [0.05, 0.1) is 6.61 Å². The second kappa shape index (κ2) is 17.9. The SMILES string of the molecule is CCCCOC(=O)[C@H](Cc1ccccc1)NC(=O)[C@H](CC(C)C)NC(=O)[C@H](CCc1ccccc1)NC(=O)OC(C)(C)C. The molecule has 0 heterocycles. The van der Waals surface area contributed by atoms with Crippen LogP contribution in [-0.2, 0) is 36.7 Å². The van der Waals surface area contributed by atoms with Crippen molar-refractivity contribution >= 4 is 23.9 Å². The van der Waals surface area contributed by atoms with Crippen molar-refractivity contribution in [3.8, 4) is 0 Å². The van der Waals surface area contributed by atoms with Gasteiger partial charge in [-0.25, -0.2) is 9.59 Å². The lowest BCUT2D eigenvalue weighted by molar-refractivity contribution is -0.148. The summed E-state index contributed by atoms with van der Waals surface area (Å²) < 4.78 is 10.9. The van der Waals surface area contributed by atoms with Crippen molar-refractivity contribution in [2.24, 2.45) is 5.92 Å². The van der Waals surface area contributed by atoms with Gasteiger partial charge in [-0.1, -0.05) is 87.9 Å². The number of carbonyl (C=O) groups is 4. The summed E-state index contributed by atoms with van der Waals surface area (Å²) in [4.78, 5) is 52.9. The second-order valence-corrected chi connectivity index (χ2v) is 12.2. The highest BCUT2D eigenvalue weighted by atomic mass is 16.6. The first kappa shape index (κ1) is 35.3. The van der Waals surface area contributed by atoms with E-state index in [1.165, 1.54) is 0 Å². The number of ether oxygens (including phenoxy) is 2. The lowest BCUT2D eigenvalue weighted by atomic mass is 10.00. The van der Waals surface area contributed by atoms with Gasteiger partial charge in [0.15, 0.2) is 0 Å². The Balaban J connectivity index is 2.22. The van der Waals surface area contributed by atoms with Gasteiger partial charge in [0.2, 0.25) is 11.8 Å². The topological polar surface area (TPSA) is 123 Å². The predicted molar refractivity (Wildman–Crippen MR) is 167 cm³/mol. The number of nitrogens with one attached hydrogen (secondary N) is 3. The van der Waals surface area contributed by atoms with Crippen LogP contribution in [0.1, 0.15) is 78.4 Å². The van der Waals surface area contributed by atoms with Crippen LogP contribution in [-0.4, -0.2) is 54.2 Å². The highest BCUT2D eigenvalue weighted by Crippen LogP contribution is 2.12. The second-order valence-electron chi connectivity index (χ2n) is 12.2. The summed E-state index contributed by atoms with van der Waals surface area (Å²) in [5, 5.41) is 8.35. The largest absolute Gasteiger partial charge is 0.464 e. The van der Waals surface area contributed by atoms with Crippen LogP contribution in [0, 0.1) is 5.92 Å². The van der Waals surface area contributed by atoms with E-state index in [4.69, 9.17) is 9.47 Å². The zero-order valence-electron chi connectivity index (χ0n) is 26.5. The van der Waals surface area contributed by atoms with E-state index in [-0.39, 0.29) is 18.9 Å². The number of hydrogen-bond acceptors (Lipinski definition) is 6. The van der Waals surface area contributed by atoms with Gasteiger partial charge < -0.3 is 25.4 Å². The average molecular weight is 596 g/mol. The molecule has 2 aromatic carbocycles. The van der Waals surface area contributed by atoms with Crippen LogP contribution in [0.4, 0.5) is 4.79 Å². The van der Waals surface area contributed by atoms with Gasteiger partial charge in [-0.2, -0.15) is 0 Å². The Hall–Kier alpha value is -3.88. The quantitative estimate of drug-likeness (QED) is 0.183. The van der Waals surface area contributed by atoms with Crippen LogP contribution in [0.15, 0.2) is 60.7 Å². The summed E-state index contributed by atoms with van der Waals surface area (Å²) in [6.07, 6.45) is 2.28. The van der Waals surface area contributed by atoms with Gasteiger partial charge in [-0.3, -0.25) is 9.59 Å². The molecule has 2 rings (SSSR count). The minimum atomic E-state index is -0.948. The summed E-state index contributed by atoms with van der Waals surface area (Å²) >= 11 is 0. The van der Waals surface area contributed by atoms with Crippen LogP contribution in [0.5, 0.6) is 0 Å². The molecule has 0 fully saturated rings. The van der Waals surface area contributed by atoms with Crippen molar-refractivity contribution in [3.63, 3.8) is 0 Å². The van der Waals surface area contributed by atoms with E-state index in [2.05, 4.69) is 16.0 Å². The Bertz CT molecular complexity index is 1150. The standard InChI is InChI=1S/C34H49N3O6/c1-7-8-21-42-32(40)29(23-26-17-13-10-14-18-26)36-31(39)28(22-24(2)3)35-30(38)27(37-33(41)43-34(4,5)6)20-19-25-15-11-9-12-16-25/h9-18,24,27-29H,7-8,19-23H2,1-6H3,(H,35,38)(H,36,39)(H,37,41)/t27-,28-,29-/m0/s1. The van der Waals surface area contributed by atoms with Crippen LogP contribution in [0.25, 0.3) is 0 Å². The number of esters is 1. The monoisotopic (exact) mass is 595 g/mol. The van der Waals surface area contributed by atoms with E-state index >= 15 is 0 Å². The zero-order chi connectivity index (χ0) is 31.8. The molecule has 3 N–H and O–H groups in total. The molecule has 0 spiro atoms. The number of amides is 3. The van der Waals surface area contributed by atoms with E-state index in [0.29, 0.717) is 19.3 Å². The first-order valence-corrected chi connectivity index (χ1v) is 15.2. The number of benzene rings is 2. The van der Waals surface area contributed by atoms with E-state index in [1.54, 1.807) is 20.8 Å². The predicted octanol–water partition coefficient (Wildman–Crippen LogP) is 5.11. The Morgan fingerprint density at radius 3 is 1.88 bits per heavy atom. The highest BCUT2D eigenvalue weighted by Gasteiger charge is 2.31. The molecule has 9 heteroatoms. The third-order valence-corrected chi connectivity index (χ3v) is 6.54. The molecule has 0 aliphatic rings. The van der Waals surface area contributed by atoms with Crippen molar-refractivity contribution in [1.82, 2.24) is 16.0 Å². The van der Waals surface area contributed by atoms with Gasteiger partial charge in [0.25, 0.3) is 0 Å². The van der Waals surface area contributed by atoms with E-state index in [1.807, 2.05) is 81.4 Å². The summed E-state index contributed by atoms with van der Waals surface area (Å²) in [6.45, 7) is 11.4.